The molecule has 0 radical (unpaired) electrons. The summed E-state index contributed by atoms with van der Waals surface area (Å²) in [4.78, 5) is 52.8. The summed E-state index contributed by atoms with van der Waals surface area (Å²) in [7, 11) is 7.35. The highest BCUT2D eigenvalue weighted by Gasteiger charge is 2.10. The van der Waals surface area contributed by atoms with Gasteiger partial charge in [0.05, 0.1) is 0 Å². The van der Waals surface area contributed by atoms with Crippen LogP contribution in [-0.4, -0.2) is 107 Å². The molecule has 14 N–H and O–H groups in total. The molecule has 4 aromatic heterocycles. The van der Waals surface area contributed by atoms with Crippen molar-refractivity contribution in [2.45, 2.75) is 59.3 Å². The predicted molar refractivity (Wildman–Crippen MR) is 319 cm³/mol. The first-order valence-corrected chi connectivity index (χ1v) is 25.6. The van der Waals surface area contributed by atoms with E-state index in [1.165, 1.54) is 0 Å². The first-order chi connectivity index (χ1) is 37.1. The Morgan fingerprint density at radius 2 is 0.808 bits per heavy atom. The smallest absolute Gasteiger partial charge is 0.233 e. The molecule has 78 heavy (non-hydrogen) atoms. The maximum atomic E-state index is 5.95. The summed E-state index contributed by atoms with van der Waals surface area (Å²) >= 11 is 23.5. The lowest BCUT2D eigenvalue weighted by Crippen LogP contribution is -2.16. The van der Waals surface area contributed by atoms with Gasteiger partial charge in [-0.3, -0.25) is 0 Å². The van der Waals surface area contributed by atoms with Crippen LogP contribution in [0.5, 0.6) is 0 Å². The van der Waals surface area contributed by atoms with Crippen LogP contribution in [0.4, 0.5) is 77.1 Å². The fourth-order valence-corrected chi connectivity index (χ4v) is 6.81. The highest BCUT2D eigenvalue weighted by Crippen LogP contribution is 2.20. The lowest BCUT2D eigenvalue weighted by atomic mass is 10.1. The van der Waals surface area contributed by atoms with Gasteiger partial charge in [-0.2, -0.15) is 59.8 Å². The summed E-state index contributed by atoms with van der Waals surface area (Å²) in [6.07, 6.45) is 0.819. The summed E-state index contributed by atoms with van der Waals surface area (Å²) in [5.74, 6) is 4.42. The van der Waals surface area contributed by atoms with Crippen molar-refractivity contribution in [3.63, 3.8) is 0 Å². The second-order valence-electron chi connectivity index (χ2n) is 17.6. The minimum Gasteiger partial charge on any atom is -0.368 e. The van der Waals surface area contributed by atoms with E-state index in [9.17, 15) is 0 Å². The monoisotopic (exact) mass is 1140 g/mol. The molecule has 412 valence electrons. The molecule has 0 saturated carbocycles. The van der Waals surface area contributed by atoms with E-state index in [2.05, 4.69) is 91.7 Å². The van der Waals surface area contributed by atoms with Gasteiger partial charge in [-0.15, -0.1) is 0 Å². The van der Waals surface area contributed by atoms with E-state index in [-0.39, 0.29) is 35.9 Å². The molecule has 0 aliphatic heterocycles. The van der Waals surface area contributed by atoms with E-state index >= 15 is 0 Å². The van der Waals surface area contributed by atoms with Crippen LogP contribution in [0.2, 0.25) is 20.1 Å². The zero-order valence-electron chi connectivity index (χ0n) is 44.3. The van der Waals surface area contributed by atoms with Crippen LogP contribution in [0.3, 0.4) is 0 Å². The Kier molecular flexibility index (Phi) is 23.6. The molecule has 0 saturated heterocycles. The van der Waals surface area contributed by atoms with Gasteiger partial charge >= 0.3 is 0 Å². The lowest BCUT2D eigenvalue weighted by molar-refractivity contribution is 0.866. The van der Waals surface area contributed by atoms with Crippen molar-refractivity contribution in [3.8, 4) is 0 Å². The number of nitrogens with one attached hydrogen (secondary N) is 6. The average molecular weight is 1140 g/mol. The largest absolute Gasteiger partial charge is 0.368 e. The molecule has 0 aliphatic rings. The van der Waals surface area contributed by atoms with Crippen molar-refractivity contribution in [3.05, 3.63) is 134 Å². The molecule has 0 atom stereocenters. The number of halogens is 4. The first kappa shape index (κ1) is 60.5. The van der Waals surface area contributed by atoms with Crippen molar-refractivity contribution in [2.24, 2.45) is 0 Å². The number of nitrogens with zero attached hydrogens (tertiary/aromatic N) is 14. The van der Waals surface area contributed by atoms with Gasteiger partial charge in [-0.25, -0.2) is 0 Å². The molecule has 0 fully saturated rings. The van der Waals surface area contributed by atoms with Crippen LogP contribution in [0, 0.1) is 0 Å². The number of hydrogen-bond acceptors (Lipinski definition) is 24. The zero-order chi connectivity index (χ0) is 56.7. The fourth-order valence-electron chi connectivity index (χ4n) is 6.16. The topological polar surface area (TPSA) is 337 Å². The standard InChI is InChI=1S/C14H19ClN6.C13H17ClN6.C12H15ClN6.C11H13ClN6/c1-9(2)18-14-20-12(16)19-13(21-14)17-7-6-10-4-3-5-11(15)8-10;1-8(2)17-13-19-11(15)18-12(20-13)16-7-9-3-5-10(14)6-4-9;1-19(2)12-17-10(14)16-11(18-12)15-7-8-3-5-9(13)6-4-8;1-18(2)11-16-9(13)15-10(17-11)14-8-5-3-4-7(12)6-8/h3-5,8-9H,6-7H2,1-2H3,(H4,16,17,18,19,20,21);3-6,8H,7H2,1-2H3,(H4,15,16,17,18,19,20);3-6H,7H2,1-2H3,(H3,14,15,16,17,18);3-6H,1-2H3,(H3,13,14,15,16,17). The lowest BCUT2D eigenvalue weighted by Gasteiger charge is -2.12. The van der Waals surface area contributed by atoms with Gasteiger partial charge in [0.15, 0.2) is 0 Å². The molecule has 4 aromatic carbocycles. The van der Waals surface area contributed by atoms with Crippen molar-refractivity contribution >= 4 is 123 Å². The molecule has 0 amide bonds. The van der Waals surface area contributed by atoms with E-state index in [0.29, 0.717) is 82.3 Å². The molecule has 0 bridgehead atoms. The fraction of sp³-hybridized carbons (Fsp3) is 0.280. The van der Waals surface area contributed by atoms with Gasteiger partial charge < -0.3 is 64.6 Å². The Bertz CT molecular complexity index is 3110. The van der Waals surface area contributed by atoms with Gasteiger partial charge in [-0.1, -0.05) is 88.9 Å². The normalized spacial score (nSPS) is 10.4. The second kappa shape index (κ2) is 30.4. The number of rotatable bonds is 18. The zero-order valence-corrected chi connectivity index (χ0v) is 47.3. The van der Waals surface area contributed by atoms with Crippen LogP contribution in [0.25, 0.3) is 0 Å². The molecule has 28 heteroatoms. The van der Waals surface area contributed by atoms with E-state index in [4.69, 9.17) is 69.3 Å². The minimum atomic E-state index is 0.165. The number of hydrogen-bond donors (Lipinski definition) is 10. The van der Waals surface area contributed by atoms with E-state index in [1.807, 2.05) is 141 Å². The van der Waals surface area contributed by atoms with Gasteiger partial charge in [0.1, 0.15) is 0 Å². The van der Waals surface area contributed by atoms with E-state index in [1.54, 1.807) is 21.9 Å². The second-order valence-corrected chi connectivity index (χ2v) is 19.4. The molecule has 8 rings (SSSR count). The van der Waals surface area contributed by atoms with Crippen molar-refractivity contribution in [1.29, 1.82) is 0 Å². The molecular weight excluding hydrogens is 1080 g/mol. The quantitative estimate of drug-likeness (QED) is 0.0383. The van der Waals surface area contributed by atoms with Gasteiger partial charge in [0, 0.05) is 85.7 Å². The Morgan fingerprint density at radius 1 is 0.410 bits per heavy atom. The molecule has 0 spiro atoms. The van der Waals surface area contributed by atoms with Crippen LogP contribution in [-0.2, 0) is 19.5 Å². The van der Waals surface area contributed by atoms with E-state index in [0.717, 1.165) is 33.8 Å². The number of anilines is 13. The summed E-state index contributed by atoms with van der Waals surface area (Å²) in [6.45, 7) is 9.88. The summed E-state index contributed by atoms with van der Waals surface area (Å²) in [6, 6.07) is 30.6. The highest BCUT2D eigenvalue weighted by atomic mass is 35.5. The number of aromatic nitrogens is 12. The molecule has 0 aliphatic carbocycles. The number of nitrogens with two attached hydrogens (primary N) is 4. The van der Waals surface area contributed by atoms with Crippen LogP contribution >= 0.6 is 46.4 Å². The average Bonchev–Trinajstić information content (AvgIpc) is 3.36. The summed E-state index contributed by atoms with van der Waals surface area (Å²) < 4.78 is 0. The van der Waals surface area contributed by atoms with Gasteiger partial charge in [0.2, 0.25) is 71.4 Å². The van der Waals surface area contributed by atoms with Gasteiger partial charge in [-0.05, 0) is 105 Å². The predicted octanol–water partition coefficient (Wildman–Crippen LogP) is 8.82. The maximum Gasteiger partial charge on any atom is 0.233 e. The van der Waals surface area contributed by atoms with Crippen LogP contribution in [0.1, 0.15) is 44.4 Å². The molecule has 4 heterocycles. The SMILES string of the molecule is CC(C)Nc1nc(N)nc(NCCc2cccc(Cl)c2)n1.CC(C)Nc1nc(N)nc(NCc2ccc(Cl)cc2)n1.CN(C)c1nc(N)nc(NCc2ccc(Cl)cc2)n1.CN(C)c1nc(N)nc(Nc2cccc(Cl)c2)n1. The molecular formula is C50H64Cl4N24. The third kappa shape index (κ3) is 22.5. The first-order valence-electron chi connectivity index (χ1n) is 24.1. The Balaban J connectivity index is 0.000000192. The van der Waals surface area contributed by atoms with Crippen LogP contribution in [0.15, 0.2) is 97.1 Å². The van der Waals surface area contributed by atoms with Gasteiger partial charge in [0.25, 0.3) is 0 Å². The van der Waals surface area contributed by atoms with Crippen LogP contribution < -0.4 is 64.6 Å². The third-order valence-electron chi connectivity index (χ3n) is 9.62. The summed E-state index contributed by atoms with van der Waals surface area (Å²) in [5, 5.41) is 21.4. The van der Waals surface area contributed by atoms with E-state index < -0.39 is 0 Å². The Morgan fingerprint density at radius 3 is 1.26 bits per heavy atom. The summed E-state index contributed by atoms with van der Waals surface area (Å²) in [5.41, 5.74) is 26.7. The highest BCUT2D eigenvalue weighted by molar-refractivity contribution is 6.31. The molecule has 0 unspecified atom stereocenters. The molecule has 8 aromatic rings. The number of nitrogen functional groups attached to an aromatic ring is 4. The van der Waals surface area contributed by atoms with Crippen molar-refractivity contribution in [2.75, 3.05) is 99.4 Å². The third-order valence-corrected chi connectivity index (χ3v) is 10.6. The molecule has 24 nitrogen and oxygen atoms in total. The minimum absolute atomic E-state index is 0.165. The maximum absolute atomic E-state index is 5.95. The Hall–Kier alpha value is -8.32. The van der Waals surface area contributed by atoms with Crippen molar-refractivity contribution in [1.82, 2.24) is 59.8 Å². The van der Waals surface area contributed by atoms with Crippen molar-refractivity contribution < 1.29 is 0 Å². The number of benzene rings is 4. The Labute approximate surface area is 473 Å².